The van der Waals surface area contributed by atoms with Crippen molar-refractivity contribution >= 4 is 11.9 Å². The van der Waals surface area contributed by atoms with Crippen molar-refractivity contribution in [1.29, 1.82) is 0 Å². The molecule has 112 valence electrons. The van der Waals surface area contributed by atoms with Gasteiger partial charge in [0.2, 0.25) is 11.9 Å². The molecule has 0 bridgehead atoms. The topological polar surface area (TPSA) is 84.1 Å². The molecule has 3 rings (SSSR count). The number of carbonyl (C=O) groups is 1. The van der Waals surface area contributed by atoms with Crippen LogP contribution in [0.5, 0.6) is 0 Å². The maximum atomic E-state index is 12.2. The fraction of sp³-hybridized carbons (Fsp3) is 0.533. The molecule has 6 nitrogen and oxygen atoms in total. The molecular formula is C15H21N5O. The van der Waals surface area contributed by atoms with E-state index in [-0.39, 0.29) is 23.9 Å². The van der Waals surface area contributed by atoms with Crippen LogP contribution in [0, 0.1) is 5.92 Å². The first-order valence-corrected chi connectivity index (χ1v) is 7.48. The lowest BCUT2D eigenvalue weighted by atomic mass is 10.0. The number of nitrogens with one attached hydrogen (secondary N) is 1. The van der Waals surface area contributed by atoms with Crippen LogP contribution in [-0.2, 0) is 4.79 Å². The lowest BCUT2D eigenvalue weighted by Crippen LogP contribution is -2.49. The van der Waals surface area contributed by atoms with E-state index in [0.29, 0.717) is 6.42 Å². The fourth-order valence-corrected chi connectivity index (χ4v) is 2.96. The quantitative estimate of drug-likeness (QED) is 0.789. The summed E-state index contributed by atoms with van der Waals surface area (Å²) in [5.41, 5.74) is 5.80. The Balaban J connectivity index is 1.57. The maximum absolute atomic E-state index is 12.2. The number of anilines is 1. The first kappa shape index (κ1) is 14.0. The molecule has 0 aromatic carbocycles. The van der Waals surface area contributed by atoms with Crippen molar-refractivity contribution in [3.63, 3.8) is 0 Å². The number of nitrogens with zero attached hydrogens (tertiary/aromatic N) is 3. The minimum atomic E-state index is -0.0802. The Kier molecular flexibility index (Phi) is 4.15. The van der Waals surface area contributed by atoms with Gasteiger partial charge in [-0.15, -0.1) is 0 Å². The van der Waals surface area contributed by atoms with Gasteiger partial charge in [-0.25, -0.2) is 9.97 Å². The lowest BCUT2D eigenvalue weighted by molar-refractivity contribution is -0.124. The Hall–Kier alpha value is -1.95. The molecule has 1 amide bonds. The highest BCUT2D eigenvalue weighted by molar-refractivity contribution is 5.81. The van der Waals surface area contributed by atoms with Gasteiger partial charge in [-0.3, -0.25) is 4.79 Å². The second-order valence-corrected chi connectivity index (χ2v) is 5.73. The number of aromatic nitrogens is 2. The molecule has 1 aromatic rings. The van der Waals surface area contributed by atoms with Crippen LogP contribution in [0.4, 0.5) is 5.95 Å². The summed E-state index contributed by atoms with van der Waals surface area (Å²) in [5, 5.41) is 3.14. The van der Waals surface area contributed by atoms with Crippen molar-refractivity contribution < 1.29 is 4.79 Å². The summed E-state index contributed by atoms with van der Waals surface area (Å²) in [6.45, 7) is 1.70. The summed E-state index contributed by atoms with van der Waals surface area (Å²) in [6, 6.07) is 1.98. The van der Waals surface area contributed by atoms with Gasteiger partial charge < -0.3 is 16.0 Å². The monoisotopic (exact) mass is 287 g/mol. The highest BCUT2D eigenvalue weighted by Gasteiger charge is 2.27. The van der Waals surface area contributed by atoms with E-state index in [2.05, 4.69) is 20.2 Å². The molecule has 3 atom stereocenters. The van der Waals surface area contributed by atoms with E-state index < -0.39 is 0 Å². The van der Waals surface area contributed by atoms with Crippen molar-refractivity contribution in [1.82, 2.24) is 15.3 Å². The molecule has 0 spiro atoms. The summed E-state index contributed by atoms with van der Waals surface area (Å²) in [4.78, 5) is 22.9. The predicted molar refractivity (Wildman–Crippen MR) is 80.6 cm³/mol. The Morgan fingerprint density at radius 2 is 2.14 bits per heavy atom. The Bertz CT molecular complexity index is 518. The number of hydrogen-bond donors (Lipinski definition) is 2. The summed E-state index contributed by atoms with van der Waals surface area (Å²) in [6.07, 6.45) is 10.1. The number of piperidine rings is 1. The van der Waals surface area contributed by atoms with E-state index in [1.807, 2.05) is 18.2 Å². The zero-order valence-electron chi connectivity index (χ0n) is 12.0. The Morgan fingerprint density at radius 3 is 2.86 bits per heavy atom. The average molecular weight is 287 g/mol. The smallest absolute Gasteiger partial charge is 0.227 e. The molecule has 2 aliphatic rings. The molecule has 3 unspecified atom stereocenters. The van der Waals surface area contributed by atoms with E-state index in [0.717, 1.165) is 31.9 Å². The molecule has 1 saturated heterocycles. The van der Waals surface area contributed by atoms with E-state index >= 15 is 0 Å². The van der Waals surface area contributed by atoms with Gasteiger partial charge in [0.25, 0.3) is 0 Å². The number of nitrogens with two attached hydrogens (primary N) is 1. The second kappa shape index (κ2) is 6.22. The minimum Gasteiger partial charge on any atom is -0.351 e. The molecule has 2 heterocycles. The van der Waals surface area contributed by atoms with E-state index in [1.54, 1.807) is 12.4 Å². The summed E-state index contributed by atoms with van der Waals surface area (Å²) < 4.78 is 0. The minimum absolute atomic E-state index is 0.0151. The van der Waals surface area contributed by atoms with Crippen molar-refractivity contribution in [3.05, 3.63) is 30.6 Å². The molecule has 3 N–H and O–H groups in total. The van der Waals surface area contributed by atoms with Crippen LogP contribution in [0.3, 0.4) is 0 Å². The SMILES string of the molecule is NC1C=CC(C(=O)NC2CCCN(c3ncccn3)C2)C1. The Morgan fingerprint density at radius 1 is 1.33 bits per heavy atom. The number of rotatable bonds is 3. The van der Waals surface area contributed by atoms with Gasteiger partial charge in [0.1, 0.15) is 0 Å². The molecular weight excluding hydrogens is 266 g/mol. The molecule has 1 fully saturated rings. The zero-order valence-corrected chi connectivity index (χ0v) is 12.0. The third-order valence-electron chi connectivity index (χ3n) is 4.06. The van der Waals surface area contributed by atoms with Gasteiger partial charge in [0.15, 0.2) is 0 Å². The average Bonchev–Trinajstić information content (AvgIpc) is 2.95. The summed E-state index contributed by atoms with van der Waals surface area (Å²) >= 11 is 0. The maximum Gasteiger partial charge on any atom is 0.227 e. The summed E-state index contributed by atoms with van der Waals surface area (Å²) in [7, 11) is 0. The number of carbonyl (C=O) groups excluding carboxylic acids is 1. The fourth-order valence-electron chi connectivity index (χ4n) is 2.96. The lowest BCUT2D eigenvalue weighted by Gasteiger charge is -2.33. The zero-order chi connectivity index (χ0) is 14.7. The van der Waals surface area contributed by atoms with Gasteiger partial charge in [-0.1, -0.05) is 12.2 Å². The first-order chi connectivity index (χ1) is 10.2. The molecule has 21 heavy (non-hydrogen) atoms. The molecule has 1 aliphatic heterocycles. The van der Waals surface area contributed by atoms with Crippen molar-refractivity contribution in [2.75, 3.05) is 18.0 Å². The van der Waals surface area contributed by atoms with Crippen molar-refractivity contribution in [3.8, 4) is 0 Å². The van der Waals surface area contributed by atoms with E-state index in [4.69, 9.17) is 5.73 Å². The molecule has 0 radical (unpaired) electrons. The first-order valence-electron chi connectivity index (χ1n) is 7.48. The van der Waals surface area contributed by atoms with Crippen LogP contribution in [0.2, 0.25) is 0 Å². The number of hydrogen-bond acceptors (Lipinski definition) is 5. The highest BCUT2D eigenvalue weighted by atomic mass is 16.1. The van der Waals surface area contributed by atoms with Crippen molar-refractivity contribution in [2.24, 2.45) is 11.7 Å². The van der Waals surface area contributed by atoms with Gasteiger partial charge in [-0.2, -0.15) is 0 Å². The standard InChI is InChI=1S/C15H21N5O/c16-12-5-4-11(9-12)14(21)19-13-3-1-8-20(10-13)15-17-6-2-7-18-15/h2,4-7,11-13H,1,3,8-10,16H2,(H,19,21). The van der Waals surface area contributed by atoms with Crippen LogP contribution in [0.1, 0.15) is 19.3 Å². The largest absolute Gasteiger partial charge is 0.351 e. The van der Waals surface area contributed by atoms with Crippen LogP contribution in [-0.4, -0.2) is 41.0 Å². The van der Waals surface area contributed by atoms with E-state index in [9.17, 15) is 4.79 Å². The molecule has 0 saturated carbocycles. The third kappa shape index (κ3) is 3.39. The number of amides is 1. The normalized spacial score (nSPS) is 28.6. The second-order valence-electron chi connectivity index (χ2n) is 5.73. The van der Waals surface area contributed by atoms with Crippen LogP contribution in [0.25, 0.3) is 0 Å². The van der Waals surface area contributed by atoms with Gasteiger partial charge in [0.05, 0.1) is 5.92 Å². The molecule has 1 aromatic heterocycles. The molecule has 6 heteroatoms. The van der Waals surface area contributed by atoms with Gasteiger partial charge in [-0.05, 0) is 25.3 Å². The van der Waals surface area contributed by atoms with Crippen LogP contribution in [0.15, 0.2) is 30.6 Å². The van der Waals surface area contributed by atoms with E-state index in [1.165, 1.54) is 0 Å². The van der Waals surface area contributed by atoms with Crippen molar-refractivity contribution in [2.45, 2.75) is 31.3 Å². The highest BCUT2D eigenvalue weighted by Crippen LogP contribution is 2.19. The molecule has 1 aliphatic carbocycles. The van der Waals surface area contributed by atoms with Crippen LogP contribution < -0.4 is 16.0 Å². The van der Waals surface area contributed by atoms with Gasteiger partial charge >= 0.3 is 0 Å². The predicted octanol–water partition coefficient (Wildman–Crippen LogP) is 0.465. The van der Waals surface area contributed by atoms with Crippen LogP contribution >= 0.6 is 0 Å². The third-order valence-corrected chi connectivity index (χ3v) is 4.06. The van der Waals surface area contributed by atoms with Gasteiger partial charge in [0, 0.05) is 37.6 Å². The Labute approximate surface area is 124 Å². The summed E-state index contributed by atoms with van der Waals surface area (Å²) in [5.74, 6) is 0.739.